The van der Waals surface area contributed by atoms with Gasteiger partial charge in [-0.3, -0.25) is 0 Å². The third-order valence-electron chi connectivity index (χ3n) is 2.32. The van der Waals surface area contributed by atoms with Gasteiger partial charge in [0, 0.05) is 13.2 Å². The van der Waals surface area contributed by atoms with Crippen LogP contribution in [0.4, 0.5) is 5.69 Å². The first-order chi connectivity index (χ1) is 7.15. The van der Waals surface area contributed by atoms with E-state index in [9.17, 15) is 0 Å². The molecule has 3 heteroatoms. The predicted molar refractivity (Wildman–Crippen MR) is 65.7 cm³/mol. The molecule has 0 unspecified atom stereocenters. The predicted octanol–water partition coefficient (Wildman–Crippen LogP) is 3.14. The molecule has 1 rings (SSSR count). The van der Waals surface area contributed by atoms with Crippen LogP contribution in [0.3, 0.4) is 0 Å². The van der Waals surface area contributed by atoms with Crippen LogP contribution in [-0.4, -0.2) is 18.3 Å². The van der Waals surface area contributed by atoms with E-state index in [1.807, 2.05) is 19.9 Å². The highest BCUT2D eigenvalue weighted by Gasteiger charge is 2.03. The number of nitrogens with one attached hydrogen (secondary N) is 1. The molecule has 84 valence electrons. The molecule has 0 aliphatic heterocycles. The molecule has 0 saturated heterocycles. The fraction of sp³-hybridized carbons (Fsp3) is 0.500. The smallest absolute Gasteiger partial charge is 0.0642 e. The third kappa shape index (κ3) is 3.73. The summed E-state index contributed by atoms with van der Waals surface area (Å²) in [6, 6.07) is 4.07. The highest BCUT2D eigenvalue weighted by atomic mass is 35.5. The summed E-state index contributed by atoms with van der Waals surface area (Å²) in [4.78, 5) is 0. The van der Waals surface area contributed by atoms with Crippen molar-refractivity contribution >= 4 is 17.3 Å². The van der Waals surface area contributed by atoms with E-state index in [0.29, 0.717) is 0 Å². The summed E-state index contributed by atoms with van der Waals surface area (Å²) >= 11 is 6.14. The Balaban J connectivity index is 2.60. The Labute approximate surface area is 96.3 Å². The fourth-order valence-electron chi connectivity index (χ4n) is 1.59. The lowest BCUT2D eigenvalue weighted by molar-refractivity contribution is 0.286. The van der Waals surface area contributed by atoms with Gasteiger partial charge in [-0.2, -0.15) is 0 Å². The molecule has 0 aliphatic rings. The number of aliphatic hydroxyl groups excluding tert-OH is 1. The van der Waals surface area contributed by atoms with E-state index in [0.717, 1.165) is 30.1 Å². The molecule has 0 aliphatic carbocycles. The zero-order chi connectivity index (χ0) is 11.3. The van der Waals surface area contributed by atoms with E-state index in [-0.39, 0.29) is 6.61 Å². The minimum absolute atomic E-state index is 0.252. The number of hydrogen-bond donors (Lipinski definition) is 2. The summed E-state index contributed by atoms with van der Waals surface area (Å²) in [5.41, 5.74) is 3.36. The summed E-state index contributed by atoms with van der Waals surface area (Å²) in [7, 11) is 0. The van der Waals surface area contributed by atoms with Gasteiger partial charge in [-0.05, 0) is 43.9 Å². The number of benzene rings is 1. The van der Waals surface area contributed by atoms with Crippen LogP contribution in [0.2, 0.25) is 5.02 Å². The van der Waals surface area contributed by atoms with Crippen molar-refractivity contribution in [1.29, 1.82) is 0 Å². The second kappa shape index (κ2) is 5.99. The Morgan fingerprint density at radius 1 is 1.27 bits per heavy atom. The van der Waals surface area contributed by atoms with Crippen molar-refractivity contribution in [2.24, 2.45) is 0 Å². The minimum atomic E-state index is 0.252. The highest BCUT2D eigenvalue weighted by molar-refractivity contribution is 6.33. The third-order valence-corrected chi connectivity index (χ3v) is 2.62. The Bertz CT molecular complexity index is 302. The lowest BCUT2D eigenvalue weighted by Gasteiger charge is -2.12. The van der Waals surface area contributed by atoms with E-state index in [2.05, 4.69) is 11.4 Å². The largest absolute Gasteiger partial charge is 0.396 e. The van der Waals surface area contributed by atoms with Gasteiger partial charge in [0.25, 0.3) is 0 Å². The average Bonchev–Trinajstić information content (AvgIpc) is 2.15. The van der Waals surface area contributed by atoms with Gasteiger partial charge in [0.15, 0.2) is 0 Å². The molecule has 1 aromatic rings. The second-order valence-corrected chi connectivity index (χ2v) is 4.20. The van der Waals surface area contributed by atoms with Gasteiger partial charge in [0.2, 0.25) is 0 Å². The topological polar surface area (TPSA) is 32.3 Å². The average molecular weight is 228 g/mol. The number of unbranched alkanes of at least 4 members (excludes halogenated alkanes) is 1. The van der Waals surface area contributed by atoms with Crippen molar-refractivity contribution in [2.45, 2.75) is 26.7 Å². The van der Waals surface area contributed by atoms with Crippen LogP contribution < -0.4 is 5.32 Å². The molecule has 0 fully saturated rings. The summed E-state index contributed by atoms with van der Waals surface area (Å²) < 4.78 is 0. The van der Waals surface area contributed by atoms with Gasteiger partial charge in [-0.25, -0.2) is 0 Å². The van der Waals surface area contributed by atoms with Crippen LogP contribution in [0.25, 0.3) is 0 Å². The molecular formula is C12H18ClNO. The van der Waals surface area contributed by atoms with E-state index >= 15 is 0 Å². The molecule has 0 radical (unpaired) electrons. The van der Waals surface area contributed by atoms with Crippen LogP contribution in [0, 0.1) is 13.8 Å². The number of aliphatic hydroxyl groups is 1. The number of hydrogen-bond acceptors (Lipinski definition) is 2. The first-order valence-corrected chi connectivity index (χ1v) is 5.64. The highest BCUT2D eigenvalue weighted by Crippen LogP contribution is 2.27. The molecule has 15 heavy (non-hydrogen) atoms. The summed E-state index contributed by atoms with van der Waals surface area (Å²) in [5, 5.41) is 12.7. The molecule has 0 saturated carbocycles. The zero-order valence-electron chi connectivity index (χ0n) is 9.31. The molecule has 0 aromatic heterocycles. The van der Waals surface area contributed by atoms with Crippen molar-refractivity contribution in [3.63, 3.8) is 0 Å². The lowest BCUT2D eigenvalue weighted by atomic mass is 10.1. The van der Waals surface area contributed by atoms with Gasteiger partial charge in [-0.1, -0.05) is 17.7 Å². The van der Waals surface area contributed by atoms with Gasteiger partial charge in [-0.15, -0.1) is 0 Å². The first-order valence-electron chi connectivity index (χ1n) is 5.26. The zero-order valence-corrected chi connectivity index (χ0v) is 10.1. The van der Waals surface area contributed by atoms with Crippen LogP contribution >= 0.6 is 11.6 Å². The Morgan fingerprint density at radius 2 is 2.00 bits per heavy atom. The van der Waals surface area contributed by atoms with Crippen molar-refractivity contribution in [3.8, 4) is 0 Å². The molecule has 0 heterocycles. The molecule has 1 aromatic carbocycles. The molecule has 0 amide bonds. The van der Waals surface area contributed by atoms with E-state index < -0.39 is 0 Å². The van der Waals surface area contributed by atoms with E-state index in [1.165, 1.54) is 11.1 Å². The van der Waals surface area contributed by atoms with E-state index in [1.54, 1.807) is 0 Å². The normalized spacial score (nSPS) is 10.4. The van der Waals surface area contributed by atoms with Crippen molar-refractivity contribution in [2.75, 3.05) is 18.5 Å². The number of rotatable bonds is 5. The van der Waals surface area contributed by atoms with Crippen LogP contribution in [-0.2, 0) is 0 Å². The SMILES string of the molecule is Cc1cc(C)c(NCCCCO)c(Cl)c1. The van der Waals surface area contributed by atoms with Gasteiger partial charge in [0.05, 0.1) is 10.7 Å². The summed E-state index contributed by atoms with van der Waals surface area (Å²) in [5.74, 6) is 0. The molecule has 0 atom stereocenters. The van der Waals surface area contributed by atoms with Gasteiger partial charge >= 0.3 is 0 Å². The molecule has 2 nitrogen and oxygen atoms in total. The van der Waals surface area contributed by atoms with Crippen molar-refractivity contribution < 1.29 is 5.11 Å². The minimum Gasteiger partial charge on any atom is -0.396 e. The standard InChI is InChI=1S/C12H18ClNO/c1-9-7-10(2)12(11(13)8-9)14-5-3-4-6-15/h7-8,14-15H,3-6H2,1-2H3. The molecule has 2 N–H and O–H groups in total. The Kier molecular flexibility index (Phi) is 4.92. The van der Waals surface area contributed by atoms with Crippen molar-refractivity contribution in [3.05, 3.63) is 28.3 Å². The fourth-order valence-corrected chi connectivity index (χ4v) is 1.98. The maximum Gasteiger partial charge on any atom is 0.0642 e. The maximum absolute atomic E-state index is 8.66. The van der Waals surface area contributed by atoms with Crippen LogP contribution in [0.1, 0.15) is 24.0 Å². The number of aryl methyl sites for hydroxylation is 2. The quantitative estimate of drug-likeness (QED) is 0.758. The van der Waals surface area contributed by atoms with Gasteiger partial charge in [0.1, 0.15) is 0 Å². The van der Waals surface area contributed by atoms with Crippen LogP contribution in [0.15, 0.2) is 12.1 Å². The molecular weight excluding hydrogens is 210 g/mol. The summed E-state index contributed by atoms with van der Waals surface area (Å²) in [6.45, 7) is 5.19. The Morgan fingerprint density at radius 3 is 2.60 bits per heavy atom. The number of halogens is 1. The van der Waals surface area contributed by atoms with E-state index in [4.69, 9.17) is 16.7 Å². The lowest BCUT2D eigenvalue weighted by Crippen LogP contribution is -2.04. The number of anilines is 1. The monoisotopic (exact) mass is 227 g/mol. The Hall–Kier alpha value is -0.730. The molecule has 0 bridgehead atoms. The first kappa shape index (κ1) is 12.3. The van der Waals surface area contributed by atoms with Gasteiger partial charge < -0.3 is 10.4 Å². The molecule has 0 spiro atoms. The second-order valence-electron chi connectivity index (χ2n) is 3.80. The summed E-state index contributed by atoms with van der Waals surface area (Å²) in [6.07, 6.45) is 1.79. The van der Waals surface area contributed by atoms with Crippen LogP contribution in [0.5, 0.6) is 0 Å². The maximum atomic E-state index is 8.66. The van der Waals surface area contributed by atoms with Crippen molar-refractivity contribution in [1.82, 2.24) is 0 Å².